The Morgan fingerprint density at radius 3 is 2.31 bits per heavy atom. The van der Waals surface area contributed by atoms with Crippen molar-refractivity contribution < 1.29 is 13.2 Å². The van der Waals surface area contributed by atoms with Gasteiger partial charge in [-0.1, -0.05) is 19.1 Å². The third-order valence-corrected chi connectivity index (χ3v) is 9.04. The Balaban J connectivity index is 1.32. The summed E-state index contributed by atoms with van der Waals surface area (Å²) in [5, 5.41) is 1.41. The molecule has 0 unspecified atom stereocenters. The molecule has 1 heterocycles. The summed E-state index contributed by atoms with van der Waals surface area (Å²) in [6.07, 6.45) is 11.2. The van der Waals surface area contributed by atoms with Gasteiger partial charge >= 0.3 is 0 Å². The van der Waals surface area contributed by atoms with Gasteiger partial charge in [-0.3, -0.25) is 4.79 Å². The zero-order chi connectivity index (χ0) is 22.7. The Kier molecular flexibility index (Phi) is 7.40. The number of carbonyl (C=O) groups excluding carboxylic acids is 1. The van der Waals surface area contributed by atoms with E-state index < -0.39 is 9.84 Å². The highest BCUT2D eigenvalue weighted by molar-refractivity contribution is 7.94. The molecule has 1 aromatic carbocycles. The molecule has 0 spiro atoms. The van der Waals surface area contributed by atoms with Gasteiger partial charge in [0.2, 0.25) is 5.91 Å². The Labute approximate surface area is 193 Å². The first-order valence-electron chi connectivity index (χ1n) is 12.4. The number of anilines is 1. The number of piperidine rings is 1. The van der Waals surface area contributed by atoms with Crippen molar-refractivity contribution in [3.63, 3.8) is 0 Å². The topological polar surface area (TPSA) is 57.7 Å². The molecule has 4 rings (SSSR count). The SMILES string of the molecule is CCN1CCC(/C=C/S(=O)(=O)CCCC(=O)N(C)c2c3c(cc4c2CCC4)CCC3)CC1. The molecule has 32 heavy (non-hydrogen) atoms. The van der Waals surface area contributed by atoms with Crippen molar-refractivity contribution in [2.75, 3.05) is 37.3 Å². The fourth-order valence-corrected chi connectivity index (χ4v) is 6.81. The van der Waals surface area contributed by atoms with Crippen molar-refractivity contribution in [3.05, 3.63) is 39.8 Å². The van der Waals surface area contributed by atoms with Crippen LogP contribution in [-0.4, -0.2) is 51.7 Å². The van der Waals surface area contributed by atoms with Crippen LogP contribution in [0.25, 0.3) is 0 Å². The number of likely N-dealkylation sites (tertiary alicyclic amines) is 1. The summed E-state index contributed by atoms with van der Waals surface area (Å²) in [6.45, 7) is 5.31. The quantitative estimate of drug-likeness (QED) is 0.589. The number of benzene rings is 1. The van der Waals surface area contributed by atoms with E-state index in [1.807, 2.05) is 18.0 Å². The number of amides is 1. The third-order valence-electron chi connectivity index (χ3n) is 7.61. The lowest BCUT2D eigenvalue weighted by Gasteiger charge is -2.29. The van der Waals surface area contributed by atoms with Crippen LogP contribution in [0.5, 0.6) is 0 Å². The second-order valence-electron chi connectivity index (χ2n) is 9.73. The molecule has 0 bridgehead atoms. The number of hydrogen-bond acceptors (Lipinski definition) is 4. The summed E-state index contributed by atoms with van der Waals surface area (Å²) in [7, 11) is -1.39. The molecule has 1 aromatic rings. The number of rotatable bonds is 8. The molecule has 2 aliphatic carbocycles. The van der Waals surface area contributed by atoms with Gasteiger partial charge in [0, 0.05) is 18.9 Å². The second kappa shape index (κ2) is 10.1. The summed E-state index contributed by atoms with van der Waals surface area (Å²) < 4.78 is 25.0. The van der Waals surface area contributed by atoms with Crippen LogP contribution in [0.4, 0.5) is 5.69 Å². The molecular weight excluding hydrogens is 420 g/mol. The highest BCUT2D eigenvalue weighted by Crippen LogP contribution is 2.40. The van der Waals surface area contributed by atoms with E-state index in [9.17, 15) is 13.2 Å². The van der Waals surface area contributed by atoms with Gasteiger partial charge in [-0.2, -0.15) is 0 Å². The van der Waals surface area contributed by atoms with Crippen LogP contribution in [0.15, 0.2) is 17.6 Å². The van der Waals surface area contributed by atoms with Gasteiger partial charge in [0.1, 0.15) is 0 Å². The lowest BCUT2D eigenvalue weighted by molar-refractivity contribution is -0.118. The first-order chi connectivity index (χ1) is 15.4. The molecule has 5 nitrogen and oxygen atoms in total. The molecule has 176 valence electrons. The summed E-state index contributed by atoms with van der Waals surface area (Å²) >= 11 is 0. The zero-order valence-corrected chi connectivity index (χ0v) is 20.6. The van der Waals surface area contributed by atoms with Crippen LogP contribution in [0, 0.1) is 5.92 Å². The van der Waals surface area contributed by atoms with Gasteiger partial charge < -0.3 is 9.80 Å². The van der Waals surface area contributed by atoms with Crippen LogP contribution in [0.1, 0.15) is 67.7 Å². The molecule has 1 fully saturated rings. The Hall–Kier alpha value is -1.66. The first-order valence-corrected chi connectivity index (χ1v) is 14.2. The molecule has 0 aromatic heterocycles. The molecule has 6 heteroatoms. The fourth-order valence-electron chi connectivity index (χ4n) is 5.67. The van der Waals surface area contributed by atoms with E-state index >= 15 is 0 Å². The van der Waals surface area contributed by atoms with Gasteiger partial charge in [0.15, 0.2) is 9.84 Å². The van der Waals surface area contributed by atoms with Crippen LogP contribution in [0.2, 0.25) is 0 Å². The standard InChI is InChI=1S/C26H38N2O3S/c1-3-28-15-12-20(13-16-28)14-18-32(30,31)17-6-11-25(29)27(2)26-23-9-4-7-21(23)19-22-8-5-10-24(22)26/h14,18-20H,3-13,15-17H2,1-2H3/b18-14+. The largest absolute Gasteiger partial charge is 0.315 e. The lowest BCUT2D eigenvalue weighted by Crippen LogP contribution is -2.32. The van der Waals surface area contributed by atoms with E-state index in [1.54, 1.807) is 0 Å². The van der Waals surface area contributed by atoms with Crippen molar-refractivity contribution >= 4 is 21.4 Å². The molecule has 1 aliphatic heterocycles. The van der Waals surface area contributed by atoms with Crippen LogP contribution in [0.3, 0.4) is 0 Å². The summed E-state index contributed by atoms with van der Waals surface area (Å²) in [5.41, 5.74) is 6.67. The smallest absolute Gasteiger partial charge is 0.226 e. The number of fused-ring (bicyclic) bond motifs is 2. The molecule has 0 N–H and O–H groups in total. The van der Waals surface area contributed by atoms with Gasteiger partial charge in [-0.25, -0.2) is 8.42 Å². The number of sulfone groups is 1. The number of carbonyl (C=O) groups is 1. The fraction of sp³-hybridized carbons (Fsp3) is 0.654. The molecule has 0 atom stereocenters. The third kappa shape index (κ3) is 5.28. The predicted molar refractivity (Wildman–Crippen MR) is 131 cm³/mol. The second-order valence-corrected chi connectivity index (χ2v) is 11.7. The van der Waals surface area contributed by atoms with E-state index in [0.29, 0.717) is 12.3 Å². The monoisotopic (exact) mass is 458 g/mol. The normalized spacial score (nSPS) is 19.4. The molecule has 0 saturated carbocycles. The maximum Gasteiger partial charge on any atom is 0.226 e. The summed E-state index contributed by atoms with van der Waals surface area (Å²) in [5.74, 6) is 0.426. The van der Waals surface area contributed by atoms with Gasteiger partial charge in [-0.05, 0) is 106 Å². The predicted octanol–water partition coefficient (Wildman–Crippen LogP) is 4.07. The average Bonchev–Trinajstić information content (AvgIpc) is 3.45. The van der Waals surface area contributed by atoms with E-state index in [-0.39, 0.29) is 18.1 Å². The van der Waals surface area contributed by atoms with E-state index in [4.69, 9.17) is 0 Å². The lowest BCUT2D eigenvalue weighted by atomic mass is 9.97. The van der Waals surface area contributed by atoms with Crippen molar-refractivity contribution in [1.82, 2.24) is 4.90 Å². The Morgan fingerprint density at radius 1 is 1.09 bits per heavy atom. The Morgan fingerprint density at radius 2 is 1.72 bits per heavy atom. The molecular formula is C26H38N2O3S. The molecule has 3 aliphatic rings. The highest BCUT2D eigenvalue weighted by atomic mass is 32.2. The van der Waals surface area contributed by atoms with E-state index in [1.165, 1.54) is 27.7 Å². The first kappa shape index (κ1) is 23.5. The number of nitrogens with zero attached hydrogens (tertiary/aromatic N) is 2. The van der Waals surface area contributed by atoms with Gasteiger partial charge in [-0.15, -0.1) is 0 Å². The van der Waals surface area contributed by atoms with Gasteiger partial charge in [0.25, 0.3) is 0 Å². The minimum atomic E-state index is -3.27. The van der Waals surface area contributed by atoms with Crippen molar-refractivity contribution in [1.29, 1.82) is 0 Å². The zero-order valence-electron chi connectivity index (χ0n) is 19.7. The van der Waals surface area contributed by atoms with Crippen LogP contribution < -0.4 is 4.90 Å². The number of hydrogen-bond donors (Lipinski definition) is 0. The molecule has 0 radical (unpaired) electrons. The number of aryl methyl sites for hydroxylation is 2. The van der Waals surface area contributed by atoms with Crippen LogP contribution >= 0.6 is 0 Å². The maximum atomic E-state index is 13.0. The van der Waals surface area contributed by atoms with Crippen molar-refractivity contribution in [2.45, 2.75) is 71.1 Å². The minimum absolute atomic E-state index is 0.0329. The Bertz CT molecular complexity index is 943. The minimum Gasteiger partial charge on any atom is -0.315 e. The van der Waals surface area contributed by atoms with E-state index in [0.717, 1.165) is 76.7 Å². The average molecular weight is 459 g/mol. The molecule has 1 saturated heterocycles. The molecule has 1 amide bonds. The maximum absolute atomic E-state index is 13.0. The van der Waals surface area contributed by atoms with Gasteiger partial charge in [0.05, 0.1) is 11.4 Å². The highest BCUT2D eigenvalue weighted by Gasteiger charge is 2.28. The van der Waals surface area contributed by atoms with Crippen LogP contribution in [-0.2, 0) is 40.3 Å². The van der Waals surface area contributed by atoms with Crippen molar-refractivity contribution in [2.24, 2.45) is 5.92 Å². The van der Waals surface area contributed by atoms with E-state index in [2.05, 4.69) is 17.9 Å². The summed E-state index contributed by atoms with van der Waals surface area (Å²) in [6, 6.07) is 2.37. The number of allylic oxidation sites excluding steroid dienone is 1. The summed E-state index contributed by atoms with van der Waals surface area (Å²) in [4.78, 5) is 17.2. The van der Waals surface area contributed by atoms with Crippen molar-refractivity contribution in [3.8, 4) is 0 Å².